The van der Waals surface area contributed by atoms with Crippen LogP contribution in [0.1, 0.15) is 296 Å². The van der Waals surface area contributed by atoms with Crippen molar-refractivity contribution in [3.8, 4) is 0 Å². The third-order valence-electron chi connectivity index (χ3n) is 17.9. The lowest BCUT2D eigenvalue weighted by molar-refractivity contribution is -0.359. The summed E-state index contributed by atoms with van der Waals surface area (Å²) >= 11 is 0. The zero-order valence-electron chi connectivity index (χ0n) is 59.2. The van der Waals surface area contributed by atoms with Crippen LogP contribution in [0.25, 0.3) is 0 Å². The summed E-state index contributed by atoms with van der Waals surface area (Å²) in [6.07, 6.45) is 74.5. The fourth-order valence-electron chi connectivity index (χ4n) is 11.9. The minimum atomic E-state index is -1.80. The van der Waals surface area contributed by atoms with Crippen molar-refractivity contribution in [1.29, 1.82) is 0 Å². The number of aliphatic hydroxyl groups excluding tert-OH is 8. The van der Waals surface area contributed by atoms with Gasteiger partial charge in [-0.1, -0.05) is 303 Å². The first-order chi connectivity index (χ1) is 46.1. The van der Waals surface area contributed by atoms with E-state index in [0.29, 0.717) is 12.8 Å². The van der Waals surface area contributed by atoms with E-state index in [-0.39, 0.29) is 18.9 Å². The normalized spacial score (nSPS) is 23.1. The first-order valence-corrected chi connectivity index (χ1v) is 38.1. The van der Waals surface area contributed by atoms with Gasteiger partial charge in [-0.25, -0.2) is 0 Å². The van der Waals surface area contributed by atoms with Crippen molar-refractivity contribution in [2.45, 2.75) is 370 Å². The minimum Gasteiger partial charge on any atom is -0.394 e. The molecule has 1 amide bonds. The molecule has 2 fully saturated rings. The number of carbonyl (C=O) groups excluding carboxylic acids is 1. The molecule has 2 rings (SSSR count). The first-order valence-electron chi connectivity index (χ1n) is 38.1. The predicted molar refractivity (Wildman–Crippen MR) is 387 cm³/mol. The number of rotatable bonds is 62. The van der Waals surface area contributed by atoms with Gasteiger partial charge < -0.3 is 65.1 Å². The molecule has 12 atom stereocenters. The molecule has 9 N–H and O–H groups in total. The van der Waals surface area contributed by atoms with E-state index >= 15 is 0 Å². The van der Waals surface area contributed by atoms with Gasteiger partial charge in [-0.05, 0) is 96.3 Å². The Balaban J connectivity index is 1.68. The molecule has 14 nitrogen and oxygen atoms in total. The summed E-state index contributed by atoms with van der Waals surface area (Å²) in [5.41, 5.74) is 0. The van der Waals surface area contributed by atoms with Gasteiger partial charge in [0.2, 0.25) is 5.91 Å². The number of carbonyl (C=O) groups is 1. The number of aliphatic hydroxyl groups is 8. The van der Waals surface area contributed by atoms with Gasteiger partial charge in [0.25, 0.3) is 0 Å². The van der Waals surface area contributed by atoms with Crippen molar-refractivity contribution in [2.24, 2.45) is 0 Å². The van der Waals surface area contributed by atoms with Crippen LogP contribution in [0, 0.1) is 0 Å². The molecule has 2 saturated heterocycles. The standard InChI is InChI=1S/C80H139NO13/c1-3-5-7-9-11-13-15-17-19-21-23-25-27-29-31-32-33-34-35-36-38-39-41-43-45-47-49-51-53-55-57-59-61-63-69(84)68(67-91-79-77(90)75(88)78(71(66-83)93-79)94-80-76(89)74(87)73(86)70(65-82)92-80)81-72(85)64-62-60-58-56-54-52-50-48-46-44-42-40-37-30-28-26-24-22-20-18-16-14-12-10-8-6-4-2/h6,8,12,14,18,20,24,26,30,37,42,44-45,47,53,55,61,63,68-71,73-80,82-84,86-90H,3-5,7,9-11,13,15-17,19,21-23,25,27-29,31-36,38-41,43,46,48-52,54,56-60,62,64-67H2,1-2H3,(H,81,85)/b8-6-,14-12-,20-18-,26-24-,37-30-,44-42-,47-45+,55-53+,63-61+. The number of allylic oxidation sites excluding steroid dienone is 17. The van der Waals surface area contributed by atoms with Crippen LogP contribution < -0.4 is 5.32 Å². The summed E-state index contributed by atoms with van der Waals surface area (Å²) in [4.78, 5) is 13.4. The second kappa shape index (κ2) is 63.1. The van der Waals surface area contributed by atoms with Gasteiger partial charge >= 0.3 is 0 Å². The van der Waals surface area contributed by atoms with Crippen LogP contribution in [-0.2, 0) is 23.7 Å². The molecule has 0 aromatic heterocycles. The predicted octanol–water partition coefficient (Wildman–Crippen LogP) is 16.7. The molecule has 0 aromatic carbocycles. The van der Waals surface area contributed by atoms with Crippen LogP contribution in [-0.4, -0.2) is 140 Å². The van der Waals surface area contributed by atoms with Gasteiger partial charge in [0, 0.05) is 6.42 Å². The molecule has 0 bridgehead atoms. The van der Waals surface area contributed by atoms with Gasteiger partial charge in [-0.3, -0.25) is 4.79 Å². The summed E-state index contributed by atoms with van der Waals surface area (Å²) < 4.78 is 22.9. The van der Waals surface area contributed by atoms with Crippen molar-refractivity contribution >= 4 is 5.91 Å². The molecule has 0 spiro atoms. The number of hydrogen-bond donors (Lipinski definition) is 9. The van der Waals surface area contributed by atoms with Crippen molar-refractivity contribution in [3.63, 3.8) is 0 Å². The van der Waals surface area contributed by atoms with Crippen molar-refractivity contribution in [2.75, 3.05) is 19.8 Å². The highest BCUT2D eigenvalue weighted by Crippen LogP contribution is 2.30. The smallest absolute Gasteiger partial charge is 0.220 e. The van der Waals surface area contributed by atoms with Crippen LogP contribution in [0.15, 0.2) is 109 Å². The molecule has 2 heterocycles. The van der Waals surface area contributed by atoms with Crippen molar-refractivity contribution in [3.05, 3.63) is 109 Å². The minimum absolute atomic E-state index is 0.253. The van der Waals surface area contributed by atoms with Crippen LogP contribution in [0.3, 0.4) is 0 Å². The summed E-state index contributed by atoms with van der Waals surface area (Å²) in [6.45, 7) is 2.68. The molecule has 2 aliphatic heterocycles. The zero-order valence-corrected chi connectivity index (χ0v) is 59.2. The second-order valence-electron chi connectivity index (χ2n) is 26.4. The quantitative estimate of drug-likeness (QED) is 0.0204. The lowest BCUT2D eigenvalue weighted by Crippen LogP contribution is -2.65. The number of amides is 1. The number of hydrogen-bond acceptors (Lipinski definition) is 13. The third kappa shape index (κ3) is 46.0. The van der Waals surface area contributed by atoms with Gasteiger partial charge in [-0.2, -0.15) is 0 Å². The van der Waals surface area contributed by atoms with E-state index in [1.165, 1.54) is 167 Å². The van der Waals surface area contributed by atoms with E-state index in [4.69, 9.17) is 18.9 Å². The van der Waals surface area contributed by atoms with Crippen molar-refractivity contribution in [1.82, 2.24) is 5.32 Å². The molecule has 2 aliphatic rings. The Bertz CT molecular complexity index is 2000. The maximum absolute atomic E-state index is 13.4. The largest absolute Gasteiger partial charge is 0.394 e. The Morgan fingerprint density at radius 1 is 0.394 bits per heavy atom. The fraction of sp³-hybridized carbons (Fsp3) is 0.762. The fourth-order valence-corrected chi connectivity index (χ4v) is 11.9. The number of nitrogens with one attached hydrogen (secondary N) is 1. The summed E-state index contributed by atoms with van der Waals surface area (Å²) in [5.74, 6) is -0.264. The average molecular weight is 1320 g/mol. The van der Waals surface area contributed by atoms with Crippen LogP contribution in [0.2, 0.25) is 0 Å². The van der Waals surface area contributed by atoms with Gasteiger partial charge in [0.05, 0.1) is 32.0 Å². The van der Waals surface area contributed by atoms with Gasteiger partial charge in [0.15, 0.2) is 12.6 Å². The van der Waals surface area contributed by atoms with Gasteiger partial charge in [0.1, 0.15) is 48.8 Å². The molecular weight excluding hydrogens is 1180 g/mol. The SMILES string of the molecule is CC/C=C\C/C=C\C/C=C\C/C=C\C/C=C\C/C=C\CCCCCCCCCCC(=O)NC(COC1OC(CO)C(OC2OC(CO)C(O)C(O)C2O)C(O)C1O)C(O)/C=C/CC/C=C/CC/C=C/CCCCCCCCCCCCCCCCCCCCCCCCC. The molecule has 94 heavy (non-hydrogen) atoms. The molecule has 12 unspecified atom stereocenters. The monoisotopic (exact) mass is 1320 g/mol. The molecule has 0 radical (unpaired) electrons. The zero-order chi connectivity index (χ0) is 68.0. The Kier molecular flexibility index (Phi) is 58.2. The van der Waals surface area contributed by atoms with E-state index in [1.807, 2.05) is 6.08 Å². The van der Waals surface area contributed by atoms with E-state index in [9.17, 15) is 45.6 Å². The molecular formula is C80H139NO13. The lowest BCUT2D eigenvalue weighted by Gasteiger charge is -2.46. The van der Waals surface area contributed by atoms with E-state index in [2.05, 4.69) is 116 Å². The average Bonchev–Trinajstić information content (AvgIpc) is 0.794. The first kappa shape index (κ1) is 86.7. The lowest BCUT2D eigenvalue weighted by atomic mass is 9.97. The molecule has 0 aromatic rings. The number of ether oxygens (including phenoxy) is 4. The highest BCUT2D eigenvalue weighted by Gasteiger charge is 2.51. The van der Waals surface area contributed by atoms with E-state index in [0.717, 1.165) is 96.3 Å². The van der Waals surface area contributed by atoms with E-state index < -0.39 is 86.8 Å². The van der Waals surface area contributed by atoms with Crippen LogP contribution in [0.5, 0.6) is 0 Å². The van der Waals surface area contributed by atoms with Crippen molar-refractivity contribution < 1.29 is 64.6 Å². The van der Waals surface area contributed by atoms with Crippen LogP contribution >= 0.6 is 0 Å². The van der Waals surface area contributed by atoms with Crippen LogP contribution in [0.4, 0.5) is 0 Å². The van der Waals surface area contributed by atoms with E-state index in [1.54, 1.807) is 6.08 Å². The Morgan fingerprint density at radius 3 is 1.17 bits per heavy atom. The highest BCUT2D eigenvalue weighted by molar-refractivity contribution is 5.76. The topological polar surface area (TPSA) is 228 Å². The molecule has 0 aliphatic carbocycles. The maximum Gasteiger partial charge on any atom is 0.220 e. The third-order valence-corrected chi connectivity index (χ3v) is 17.9. The Labute approximate surface area is 572 Å². The highest BCUT2D eigenvalue weighted by atomic mass is 16.7. The molecule has 14 heteroatoms. The Hall–Kier alpha value is -3.35. The summed E-state index contributed by atoms with van der Waals surface area (Å²) in [7, 11) is 0. The maximum atomic E-state index is 13.4. The number of unbranched alkanes of at least 4 members (excludes halogenated alkanes) is 33. The molecule has 0 saturated carbocycles. The second-order valence-corrected chi connectivity index (χ2v) is 26.4. The summed E-state index contributed by atoms with van der Waals surface area (Å²) in [6, 6.07) is -0.953. The summed E-state index contributed by atoms with van der Waals surface area (Å²) in [5, 5.41) is 87.5. The van der Waals surface area contributed by atoms with Gasteiger partial charge in [-0.15, -0.1) is 0 Å². The molecule has 542 valence electrons. The Morgan fingerprint density at radius 2 is 0.745 bits per heavy atom.